The summed E-state index contributed by atoms with van der Waals surface area (Å²) in [7, 11) is 1.16. The molecule has 0 saturated carbocycles. The molecule has 2 N–H and O–H groups in total. The predicted octanol–water partition coefficient (Wildman–Crippen LogP) is 4.18. The maximum atomic E-state index is 12.9. The van der Waals surface area contributed by atoms with Crippen molar-refractivity contribution in [3.63, 3.8) is 0 Å². The van der Waals surface area contributed by atoms with Crippen molar-refractivity contribution in [1.29, 1.82) is 0 Å². The van der Waals surface area contributed by atoms with E-state index in [-0.39, 0.29) is 11.1 Å². The lowest BCUT2D eigenvalue weighted by Gasteiger charge is -2.10. The van der Waals surface area contributed by atoms with Crippen LogP contribution in [0.4, 0.5) is 11.4 Å². The van der Waals surface area contributed by atoms with E-state index in [0.29, 0.717) is 17.1 Å². The Bertz CT molecular complexity index is 1300. The number of amides is 1. The topological polar surface area (TPSA) is 127 Å². The van der Waals surface area contributed by atoms with Crippen LogP contribution in [0.25, 0.3) is 22.4 Å². The van der Waals surface area contributed by atoms with Gasteiger partial charge in [0.2, 0.25) is 0 Å². The summed E-state index contributed by atoms with van der Waals surface area (Å²) in [6, 6.07) is 18.0. The number of fused-ring (bicyclic) bond motifs is 1. The van der Waals surface area contributed by atoms with E-state index in [1.54, 1.807) is 24.3 Å². The van der Waals surface area contributed by atoms with Crippen LogP contribution < -0.4 is 5.32 Å². The number of nitrogens with zero attached hydrogens (tertiary/aromatic N) is 2. The molecule has 0 atom stereocenters. The van der Waals surface area contributed by atoms with Crippen LogP contribution in [0.15, 0.2) is 66.7 Å². The fourth-order valence-electron chi connectivity index (χ4n) is 3.16. The van der Waals surface area contributed by atoms with E-state index >= 15 is 0 Å². The fraction of sp³-hybridized carbons (Fsp3) is 0.0455. The van der Waals surface area contributed by atoms with Crippen molar-refractivity contribution < 1.29 is 19.2 Å². The van der Waals surface area contributed by atoms with Crippen LogP contribution in [-0.2, 0) is 4.74 Å². The predicted molar refractivity (Wildman–Crippen MR) is 114 cm³/mol. The number of rotatable bonds is 5. The highest BCUT2D eigenvalue weighted by Gasteiger charge is 2.19. The summed E-state index contributed by atoms with van der Waals surface area (Å²) < 4.78 is 4.62. The smallest absolute Gasteiger partial charge is 0.338 e. The van der Waals surface area contributed by atoms with Gasteiger partial charge in [-0.2, -0.15) is 0 Å². The number of hydrogen-bond donors (Lipinski definition) is 2. The van der Waals surface area contributed by atoms with Crippen molar-refractivity contribution in [3.8, 4) is 11.4 Å². The number of imidazole rings is 1. The minimum atomic E-state index is -0.777. The number of aromatic amines is 1. The summed E-state index contributed by atoms with van der Waals surface area (Å²) in [5, 5.41) is 14.0. The third-order valence-corrected chi connectivity index (χ3v) is 4.63. The molecule has 0 saturated heterocycles. The maximum Gasteiger partial charge on any atom is 0.338 e. The Morgan fingerprint density at radius 3 is 2.48 bits per heavy atom. The number of methoxy groups -OCH3 is 1. The van der Waals surface area contributed by atoms with Crippen molar-refractivity contribution in [2.45, 2.75) is 0 Å². The SMILES string of the molecule is COC(=O)c1cc(C(=O)Nc2ccccc2-c2nc3ccccc3[nH]2)cc([N+](=O)[O-])c1. The first kappa shape index (κ1) is 19.8. The number of carbonyl (C=O) groups is 2. The maximum absolute atomic E-state index is 12.9. The Hall–Kier alpha value is -4.53. The zero-order chi connectivity index (χ0) is 22.0. The van der Waals surface area contributed by atoms with E-state index < -0.39 is 22.5 Å². The minimum absolute atomic E-state index is 0.0472. The van der Waals surface area contributed by atoms with Crippen LogP contribution in [-0.4, -0.2) is 33.9 Å². The Labute approximate surface area is 175 Å². The number of aromatic nitrogens is 2. The summed E-state index contributed by atoms with van der Waals surface area (Å²) >= 11 is 0. The van der Waals surface area contributed by atoms with Crippen LogP contribution in [0, 0.1) is 10.1 Å². The third kappa shape index (κ3) is 3.97. The van der Waals surface area contributed by atoms with Gasteiger partial charge < -0.3 is 15.0 Å². The van der Waals surface area contributed by atoms with Gasteiger partial charge in [-0.05, 0) is 30.3 Å². The van der Waals surface area contributed by atoms with Gasteiger partial charge >= 0.3 is 5.97 Å². The van der Waals surface area contributed by atoms with Crippen molar-refractivity contribution in [1.82, 2.24) is 9.97 Å². The molecule has 0 radical (unpaired) electrons. The molecule has 0 bridgehead atoms. The largest absolute Gasteiger partial charge is 0.465 e. The Morgan fingerprint density at radius 2 is 1.74 bits per heavy atom. The average Bonchev–Trinajstić information content (AvgIpc) is 3.22. The molecule has 9 nitrogen and oxygen atoms in total. The molecule has 9 heteroatoms. The van der Waals surface area contributed by atoms with Gasteiger partial charge in [0.15, 0.2) is 0 Å². The van der Waals surface area contributed by atoms with Gasteiger partial charge in [-0.15, -0.1) is 0 Å². The number of nitrogens with one attached hydrogen (secondary N) is 2. The van der Waals surface area contributed by atoms with Crippen LogP contribution in [0.1, 0.15) is 20.7 Å². The first-order valence-electron chi connectivity index (χ1n) is 9.19. The summed E-state index contributed by atoms with van der Waals surface area (Å²) in [6.45, 7) is 0. The molecule has 1 heterocycles. The number of benzene rings is 3. The van der Waals surface area contributed by atoms with Crippen molar-refractivity contribution >= 4 is 34.3 Å². The second kappa shape index (κ2) is 8.07. The lowest BCUT2D eigenvalue weighted by molar-refractivity contribution is -0.384. The molecule has 0 aliphatic rings. The summed E-state index contributed by atoms with van der Waals surface area (Å²) in [4.78, 5) is 43.1. The zero-order valence-corrected chi connectivity index (χ0v) is 16.3. The molecule has 1 amide bonds. The van der Waals surface area contributed by atoms with Crippen LogP contribution in [0.2, 0.25) is 0 Å². The molecule has 0 aliphatic heterocycles. The first-order chi connectivity index (χ1) is 15.0. The van der Waals surface area contributed by atoms with E-state index in [9.17, 15) is 19.7 Å². The Balaban J connectivity index is 1.71. The normalized spacial score (nSPS) is 10.6. The number of esters is 1. The highest BCUT2D eigenvalue weighted by atomic mass is 16.6. The van der Waals surface area contributed by atoms with E-state index in [1.807, 2.05) is 24.3 Å². The molecule has 1 aromatic heterocycles. The Morgan fingerprint density at radius 1 is 1.03 bits per heavy atom. The number of carbonyl (C=O) groups excluding carboxylic acids is 2. The van der Waals surface area contributed by atoms with E-state index in [1.165, 1.54) is 6.07 Å². The molecule has 0 unspecified atom stereocenters. The van der Waals surface area contributed by atoms with E-state index in [0.717, 1.165) is 30.3 Å². The molecule has 0 aliphatic carbocycles. The molecule has 0 spiro atoms. The van der Waals surface area contributed by atoms with Gasteiger partial charge in [-0.3, -0.25) is 14.9 Å². The van der Waals surface area contributed by atoms with Crippen LogP contribution in [0.3, 0.4) is 0 Å². The fourth-order valence-corrected chi connectivity index (χ4v) is 3.16. The standard InChI is InChI=1S/C22H16N4O5/c1-31-22(28)14-10-13(11-15(12-14)26(29)30)21(27)25-17-7-3-2-6-16(17)20-23-18-8-4-5-9-19(18)24-20/h2-12H,1H3,(H,23,24)(H,25,27). The van der Waals surface area contributed by atoms with Crippen LogP contribution >= 0.6 is 0 Å². The Kier molecular flexibility index (Phi) is 5.15. The van der Waals surface area contributed by atoms with Gasteiger partial charge in [0.1, 0.15) is 5.82 Å². The molecule has 0 fully saturated rings. The minimum Gasteiger partial charge on any atom is -0.465 e. The van der Waals surface area contributed by atoms with Gasteiger partial charge in [-0.25, -0.2) is 9.78 Å². The van der Waals surface area contributed by atoms with E-state index in [4.69, 9.17) is 0 Å². The molecular formula is C22H16N4O5. The number of nitro benzene ring substituents is 1. The molecule has 31 heavy (non-hydrogen) atoms. The molecular weight excluding hydrogens is 400 g/mol. The quantitative estimate of drug-likeness (QED) is 0.285. The average molecular weight is 416 g/mol. The number of para-hydroxylation sites is 3. The molecule has 3 aromatic carbocycles. The van der Waals surface area contributed by atoms with Gasteiger partial charge in [0.05, 0.1) is 34.3 Å². The number of hydrogen-bond acceptors (Lipinski definition) is 6. The molecule has 4 aromatic rings. The van der Waals surface area contributed by atoms with Crippen LogP contribution in [0.5, 0.6) is 0 Å². The van der Waals surface area contributed by atoms with Crippen molar-refractivity contribution in [3.05, 3.63) is 88.0 Å². The highest BCUT2D eigenvalue weighted by Crippen LogP contribution is 2.28. The summed E-state index contributed by atoms with van der Waals surface area (Å²) in [5.41, 5.74) is 2.20. The molecule has 4 rings (SSSR count). The monoisotopic (exact) mass is 416 g/mol. The van der Waals surface area contributed by atoms with Gasteiger partial charge in [0.25, 0.3) is 11.6 Å². The summed E-state index contributed by atoms with van der Waals surface area (Å²) in [6.07, 6.45) is 0. The zero-order valence-electron chi connectivity index (χ0n) is 16.3. The third-order valence-electron chi connectivity index (χ3n) is 4.63. The lowest BCUT2D eigenvalue weighted by Crippen LogP contribution is -2.14. The second-order valence-corrected chi connectivity index (χ2v) is 6.62. The van der Waals surface area contributed by atoms with Gasteiger partial charge in [0, 0.05) is 23.3 Å². The van der Waals surface area contributed by atoms with Crippen molar-refractivity contribution in [2.24, 2.45) is 0 Å². The molecule has 154 valence electrons. The number of nitro groups is 1. The van der Waals surface area contributed by atoms with E-state index in [2.05, 4.69) is 20.0 Å². The highest BCUT2D eigenvalue weighted by molar-refractivity contribution is 6.07. The lowest BCUT2D eigenvalue weighted by atomic mass is 10.1. The second-order valence-electron chi connectivity index (χ2n) is 6.62. The number of non-ortho nitro benzene ring substituents is 1. The van der Waals surface area contributed by atoms with Crippen molar-refractivity contribution in [2.75, 3.05) is 12.4 Å². The van der Waals surface area contributed by atoms with Gasteiger partial charge in [-0.1, -0.05) is 24.3 Å². The number of ether oxygens (including phenoxy) is 1. The number of H-pyrrole nitrogens is 1. The summed E-state index contributed by atoms with van der Waals surface area (Å²) in [5.74, 6) is -0.829. The first-order valence-corrected chi connectivity index (χ1v) is 9.19. The number of anilines is 1.